The van der Waals surface area contributed by atoms with Gasteiger partial charge in [-0.1, -0.05) is 12.1 Å². The van der Waals surface area contributed by atoms with Gasteiger partial charge in [-0.25, -0.2) is 9.59 Å². The molecule has 0 fully saturated rings. The average Bonchev–Trinajstić information content (AvgIpc) is 2.74. The number of benzene rings is 1. The Labute approximate surface area is 169 Å². The van der Waals surface area contributed by atoms with E-state index in [1.807, 2.05) is 0 Å². The molecule has 0 atom stereocenters. The Hall–Kier alpha value is -4.15. The Balaban J connectivity index is 2.07. The number of aliphatic imine (C=N–C) groups is 1. The third-order valence-corrected chi connectivity index (χ3v) is 4.64. The Morgan fingerprint density at radius 2 is 1.53 bits per heavy atom. The summed E-state index contributed by atoms with van der Waals surface area (Å²) >= 11 is 0. The van der Waals surface area contributed by atoms with E-state index in [4.69, 9.17) is 10.5 Å². The SMILES string of the molecule is Cn1c(Oc2ccccc2N=Cc2c(N)n(C)c(=O)n(C)c2=O)cc(=O)n(C)c1=O. The zero-order valence-electron chi connectivity index (χ0n) is 16.8. The third-order valence-electron chi connectivity index (χ3n) is 4.64. The van der Waals surface area contributed by atoms with E-state index in [9.17, 15) is 19.2 Å². The lowest BCUT2D eigenvalue weighted by molar-refractivity contribution is 0.424. The highest BCUT2D eigenvalue weighted by atomic mass is 16.5. The Bertz CT molecular complexity index is 1410. The van der Waals surface area contributed by atoms with Crippen molar-refractivity contribution < 1.29 is 4.74 Å². The van der Waals surface area contributed by atoms with Gasteiger partial charge in [0, 0.05) is 34.4 Å². The average molecular weight is 412 g/mol. The second-order valence-corrected chi connectivity index (χ2v) is 6.55. The molecule has 0 aliphatic rings. The Kier molecular flexibility index (Phi) is 5.28. The lowest BCUT2D eigenvalue weighted by atomic mass is 10.3. The molecule has 0 amide bonds. The molecule has 0 unspecified atom stereocenters. The van der Waals surface area contributed by atoms with Crippen LogP contribution in [-0.4, -0.2) is 24.5 Å². The highest BCUT2D eigenvalue weighted by Gasteiger charge is 2.13. The van der Waals surface area contributed by atoms with E-state index in [1.54, 1.807) is 24.3 Å². The van der Waals surface area contributed by atoms with Crippen molar-refractivity contribution in [2.45, 2.75) is 0 Å². The van der Waals surface area contributed by atoms with Crippen molar-refractivity contribution >= 4 is 17.7 Å². The molecule has 2 N–H and O–H groups in total. The predicted octanol–water partition coefficient (Wildman–Crippen LogP) is -0.393. The van der Waals surface area contributed by atoms with E-state index < -0.39 is 22.5 Å². The summed E-state index contributed by atoms with van der Waals surface area (Å²) in [6.07, 6.45) is 1.24. The van der Waals surface area contributed by atoms with Crippen molar-refractivity contribution in [3.63, 3.8) is 0 Å². The van der Waals surface area contributed by atoms with Crippen LogP contribution in [0.15, 0.2) is 54.5 Å². The van der Waals surface area contributed by atoms with Gasteiger partial charge < -0.3 is 10.5 Å². The molecule has 0 saturated heterocycles. The molecule has 156 valence electrons. The first-order valence-corrected chi connectivity index (χ1v) is 8.77. The van der Waals surface area contributed by atoms with E-state index in [-0.39, 0.29) is 23.0 Å². The summed E-state index contributed by atoms with van der Waals surface area (Å²) in [6.45, 7) is 0. The van der Waals surface area contributed by atoms with Gasteiger partial charge in [-0.15, -0.1) is 0 Å². The second-order valence-electron chi connectivity index (χ2n) is 6.55. The zero-order valence-corrected chi connectivity index (χ0v) is 16.8. The maximum atomic E-state index is 12.4. The van der Waals surface area contributed by atoms with Crippen LogP contribution < -0.4 is 33.0 Å². The third kappa shape index (κ3) is 3.48. The van der Waals surface area contributed by atoms with Crippen LogP contribution in [0.5, 0.6) is 11.6 Å². The minimum atomic E-state index is -0.591. The van der Waals surface area contributed by atoms with E-state index in [2.05, 4.69) is 4.99 Å². The summed E-state index contributed by atoms with van der Waals surface area (Å²) in [5.74, 6) is 0.250. The Morgan fingerprint density at radius 3 is 2.23 bits per heavy atom. The minimum Gasteiger partial charge on any atom is -0.438 e. The van der Waals surface area contributed by atoms with E-state index in [1.165, 1.54) is 45.0 Å². The van der Waals surface area contributed by atoms with Crippen molar-refractivity contribution in [1.29, 1.82) is 0 Å². The summed E-state index contributed by atoms with van der Waals surface area (Å²) < 4.78 is 9.94. The lowest BCUT2D eigenvalue weighted by Gasteiger charge is -2.12. The van der Waals surface area contributed by atoms with Crippen LogP contribution in [0.1, 0.15) is 5.56 Å². The number of para-hydroxylation sites is 2. The molecule has 1 aromatic carbocycles. The topological polar surface area (TPSA) is 136 Å². The van der Waals surface area contributed by atoms with Crippen molar-refractivity contribution in [2.75, 3.05) is 5.73 Å². The van der Waals surface area contributed by atoms with Crippen LogP contribution in [0.2, 0.25) is 0 Å². The smallest absolute Gasteiger partial charge is 0.333 e. The molecular weight excluding hydrogens is 392 g/mol. The molecule has 11 nitrogen and oxygen atoms in total. The van der Waals surface area contributed by atoms with E-state index in [0.29, 0.717) is 5.69 Å². The molecular formula is C19H20N6O5. The number of aromatic nitrogens is 4. The lowest BCUT2D eigenvalue weighted by Crippen LogP contribution is -2.40. The molecule has 0 aliphatic carbocycles. The van der Waals surface area contributed by atoms with Gasteiger partial charge in [-0.2, -0.15) is 0 Å². The first kappa shape index (κ1) is 20.6. The molecule has 2 heterocycles. The number of nitrogens with two attached hydrogens (primary N) is 1. The largest absolute Gasteiger partial charge is 0.438 e. The minimum absolute atomic E-state index is 0.0285. The standard InChI is InChI=1S/C19H20N6O5/c1-22-14(26)9-15(23(2)18(22)28)30-13-8-6-5-7-12(13)21-10-11-16(20)24(3)19(29)25(4)17(11)27/h5-10H,20H2,1-4H3. The monoisotopic (exact) mass is 412 g/mol. The predicted molar refractivity (Wildman–Crippen MR) is 112 cm³/mol. The molecule has 3 rings (SSSR count). The fourth-order valence-electron chi connectivity index (χ4n) is 2.71. The molecule has 0 spiro atoms. The number of hydrogen-bond donors (Lipinski definition) is 1. The number of hydrogen-bond acceptors (Lipinski definition) is 7. The maximum Gasteiger partial charge on any atom is 0.333 e. The molecule has 3 aromatic rings. The fourth-order valence-corrected chi connectivity index (χ4v) is 2.71. The van der Waals surface area contributed by atoms with Crippen molar-refractivity contribution in [2.24, 2.45) is 33.2 Å². The van der Waals surface area contributed by atoms with Crippen LogP contribution in [0, 0.1) is 0 Å². The van der Waals surface area contributed by atoms with Crippen molar-refractivity contribution in [1.82, 2.24) is 18.3 Å². The van der Waals surface area contributed by atoms with Crippen molar-refractivity contribution in [3.05, 3.63) is 77.6 Å². The number of nitrogens with zero attached hydrogens (tertiary/aromatic N) is 5. The van der Waals surface area contributed by atoms with Gasteiger partial charge in [0.05, 0.1) is 11.6 Å². The fraction of sp³-hybridized carbons (Fsp3) is 0.211. The molecule has 0 saturated carbocycles. The number of anilines is 1. The van der Waals surface area contributed by atoms with Gasteiger partial charge in [0.25, 0.3) is 11.1 Å². The van der Waals surface area contributed by atoms with Crippen LogP contribution in [-0.2, 0) is 28.2 Å². The molecule has 0 aliphatic heterocycles. The number of nitrogen functional groups attached to an aromatic ring is 1. The molecule has 0 radical (unpaired) electrons. The van der Waals surface area contributed by atoms with Gasteiger partial charge in [0.2, 0.25) is 5.88 Å². The Morgan fingerprint density at radius 1 is 0.900 bits per heavy atom. The first-order chi connectivity index (χ1) is 14.1. The summed E-state index contributed by atoms with van der Waals surface area (Å²) in [5.41, 5.74) is 4.05. The molecule has 2 aromatic heterocycles. The van der Waals surface area contributed by atoms with Gasteiger partial charge in [0.1, 0.15) is 11.5 Å². The summed E-state index contributed by atoms with van der Waals surface area (Å²) in [7, 11) is 5.62. The summed E-state index contributed by atoms with van der Waals surface area (Å²) in [4.78, 5) is 52.6. The highest BCUT2D eigenvalue weighted by Crippen LogP contribution is 2.30. The van der Waals surface area contributed by atoms with Gasteiger partial charge >= 0.3 is 11.4 Å². The van der Waals surface area contributed by atoms with Crippen LogP contribution in [0.4, 0.5) is 11.5 Å². The van der Waals surface area contributed by atoms with Crippen LogP contribution in [0.25, 0.3) is 0 Å². The highest BCUT2D eigenvalue weighted by molar-refractivity contribution is 5.87. The summed E-state index contributed by atoms with van der Waals surface area (Å²) in [6, 6.07) is 7.78. The first-order valence-electron chi connectivity index (χ1n) is 8.77. The van der Waals surface area contributed by atoms with Crippen LogP contribution in [0.3, 0.4) is 0 Å². The summed E-state index contributed by atoms with van der Waals surface area (Å²) in [5, 5.41) is 0. The molecule has 30 heavy (non-hydrogen) atoms. The normalized spacial score (nSPS) is 11.2. The van der Waals surface area contributed by atoms with Gasteiger partial charge in [0.15, 0.2) is 5.75 Å². The van der Waals surface area contributed by atoms with Gasteiger partial charge in [-0.3, -0.25) is 32.8 Å². The number of rotatable bonds is 4. The molecule has 11 heteroatoms. The van der Waals surface area contributed by atoms with Gasteiger partial charge in [-0.05, 0) is 12.1 Å². The van der Waals surface area contributed by atoms with Crippen molar-refractivity contribution in [3.8, 4) is 11.6 Å². The zero-order chi connectivity index (χ0) is 22.2. The quantitative estimate of drug-likeness (QED) is 0.580. The number of ether oxygens (including phenoxy) is 1. The van der Waals surface area contributed by atoms with E-state index >= 15 is 0 Å². The molecule has 0 bridgehead atoms. The second kappa shape index (κ2) is 7.70. The maximum absolute atomic E-state index is 12.4. The van der Waals surface area contributed by atoms with Crippen LogP contribution >= 0.6 is 0 Å². The van der Waals surface area contributed by atoms with E-state index in [0.717, 1.165) is 13.7 Å².